The summed E-state index contributed by atoms with van der Waals surface area (Å²) in [5.74, 6) is 0.582. The summed E-state index contributed by atoms with van der Waals surface area (Å²) in [7, 11) is 0. The van der Waals surface area contributed by atoms with E-state index in [1.165, 1.54) is 6.92 Å². The third-order valence-electron chi connectivity index (χ3n) is 4.95. The SMILES string of the molecule is CC(=O)COc1ccc(Cc2cccc([C@@H]3O[C@H](CO)C(O)[C@H](O)[C@H]3O)c2)cc1. The van der Waals surface area contributed by atoms with Crippen LogP contribution in [-0.4, -0.2) is 63.8 Å². The number of ether oxygens (including phenoxy) is 2. The molecular formula is C22H26O7. The highest BCUT2D eigenvalue weighted by molar-refractivity contribution is 5.77. The second-order valence-corrected chi connectivity index (χ2v) is 7.31. The predicted molar refractivity (Wildman–Crippen MR) is 105 cm³/mol. The number of aliphatic hydroxyl groups is 4. The Hall–Kier alpha value is -2.29. The second kappa shape index (κ2) is 9.47. The predicted octanol–water partition coefficient (Wildman–Crippen LogP) is 0.760. The minimum atomic E-state index is -1.41. The molecule has 1 fully saturated rings. The number of hydrogen-bond donors (Lipinski definition) is 4. The standard InChI is InChI=1S/C22H26O7/c1-13(24)12-28-17-7-5-14(6-8-17)9-15-3-2-4-16(10-15)22-21(27)20(26)19(25)18(11-23)29-22/h2-8,10,18-23,25-27H,9,11-12H2,1H3/t18-,19?,20+,21-,22+/m1/s1. The molecule has 7 nitrogen and oxygen atoms in total. The van der Waals surface area contributed by atoms with Crippen molar-refractivity contribution in [3.63, 3.8) is 0 Å². The van der Waals surface area contributed by atoms with Crippen molar-refractivity contribution in [1.29, 1.82) is 0 Å². The van der Waals surface area contributed by atoms with E-state index in [2.05, 4.69) is 0 Å². The summed E-state index contributed by atoms with van der Waals surface area (Å²) in [6, 6.07) is 14.8. The highest BCUT2D eigenvalue weighted by Gasteiger charge is 2.43. The van der Waals surface area contributed by atoms with E-state index in [9.17, 15) is 25.2 Å². The summed E-state index contributed by atoms with van der Waals surface area (Å²) in [5.41, 5.74) is 2.66. The van der Waals surface area contributed by atoms with Crippen molar-refractivity contribution >= 4 is 5.78 Å². The van der Waals surface area contributed by atoms with Gasteiger partial charge in [0.15, 0.2) is 5.78 Å². The number of Topliss-reactive ketones (excluding diaryl/α,β-unsaturated/α-hetero) is 1. The van der Waals surface area contributed by atoms with Gasteiger partial charge in [-0.15, -0.1) is 0 Å². The molecule has 0 spiro atoms. The summed E-state index contributed by atoms with van der Waals surface area (Å²) in [4.78, 5) is 11.0. The van der Waals surface area contributed by atoms with Crippen molar-refractivity contribution in [2.24, 2.45) is 0 Å². The number of aliphatic hydroxyl groups excluding tert-OH is 4. The van der Waals surface area contributed by atoms with Gasteiger partial charge in [0.25, 0.3) is 0 Å². The van der Waals surface area contributed by atoms with E-state index in [0.717, 1.165) is 11.1 Å². The van der Waals surface area contributed by atoms with Gasteiger partial charge in [0, 0.05) is 0 Å². The summed E-state index contributed by atoms with van der Waals surface area (Å²) >= 11 is 0. The Morgan fingerprint density at radius 1 is 1.00 bits per heavy atom. The van der Waals surface area contributed by atoms with E-state index in [-0.39, 0.29) is 12.4 Å². The van der Waals surface area contributed by atoms with Gasteiger partial charge in [-0.1, -0.05) is 36.4 Å². The molecule has 1 heterocycles. The van der Waals surface area contributed by atoms with Crippen LogP contribution >= 0.6 is 0 Å². The van der Waals surface area contributed by atoms with Gasteiger partial charge in [-0.2, -0.15) is 0 Å². The van der Waals surface area contributed by atoms with Crippen LogP contribution in [0.25, 0.3) is 0 Å². The minimum absolute atomic E-state index is 0.0422. The Kier molecular flexibility index (Phi) is 7.00. The molecule has 2 aromatic rings. The maximum Gasteiger partial charge on any atom is 0.167 e. The number of rotatable bonds is 7. The number of benzene rings is 2. The van der Waals surface area contributed by atoms with Crippen LogP contribution in [0.1, 0.15) is 29.7 Å². The summed E-state index contributed by atoms with van der Waals surface area (Å²) in [6.45, 7) is 1.05. The lowest BCUT2D eigenvalue weighted by Gasteiger charge is -2.40. The van der Waals surface area contributed by atoms with Crippen LogP contribution in [-0.2, 0) is 16.0 Å². The Balaban J connectivity index is 1.71. The molecule has 1 aliphatic rings. The van der Waals surface area contributed by atoms with Gasteiger partial charge in [-0.25, -0.2) is 0 Å². The van der Waals surface area contributed by atoms with Crippen molar-refractivity contribution in [1.82, 2.24) is 0 Å². The lowest BCUT2D eigenvalue weighted by molar-refractivity contribution is -0.231. The first-order valence-corrected chi connectivity index (χ1v) is 9.49. The summed E-state index contributed by atoms with van der Waals surface area (Å²) in [6.07, 6.45) is -5.26. The Morgan fingerprint density at radius 3 is 2.38 bits per heavy atom. The Morgan fingerprint density at radius 2 is 1.72 bits per heavy atom. The fourth-order valence-electron chi connectivity index (χ4n) is 3.38. The van der Waals surface area contributed by atoms with E-state index < -0.39 is 37.1 Å². The van der Waals surface area contributed by atoms with Gasteiger partial charge in [0.05, 0.1) is 6.61 Å². The summed E-state index contributed by atoms with van der Waals surface area (Å²) < 4.78 is 11.0. The number of ketones is 1. The van der Waals surface area contributed by atoms with Gasteiger partial charge < -0.3 is 29.9 Å². The average molecular weight is 402 g/mol. The second-order valence-electron chi connectivity index (χ2n) is 7.31. The third kappa shape index (κ3) is 5.20. The molecule has 2 aromatic carbocycles. The van der Waals surface area contributed by atoms with E-state index in [1.807, 2.05) is 30.3 Å². The zero-order valence-corrected chi connectivity index (χ0v) is 16.1. The molecule has 4 N–H and O–H groups in total. The normalized spacial score (nSPS) is 26.9. The Bertz CT molecular complexity index is 818. The first-order chi connectivity index (χ1) is 13.9. The Labute approximate surface area is 169 Å². The quantitative estimate of drug-likeness (QED) is 0.540. The van der Waals surface area contributed by atoms with Crippen molar-refractivity contribution in [2.75, 3.05) is 13.2 Å². The van der Waals surface area contributed by atoms with Crippen LogP contribution in [0.15, 0.2) is 48.5 Å². The molecule has 0 saturated carbocycles. The lowest BCUT2D eigenvalue weighted by atomic mass is 9.90. The van der Waals surface area contributed by atoms with Crippen molar-refractivity contribution in [2.45, 2.75) is 43.9 Å². The highest BCUT2D eigenvalue weighted by atomic mass is 16.5. The zero-order valence-electron chi connectivity index (χ0n) is 16.1. The minimum Gasteiger partial charge on any atom is -0.486 e. The van der Waals surface area contributed by atoms with Crippen LogP contribution in [0.5, 0.6) is 5.75 Å². The molecule has 5 atom stereocenters. The van der Waals surface area contributed by atoms with Gasteiger partial charge in [0.2, 0.25) is 0 Å². The molecule has 29 heavy (non-hydrogen) atoms. The van der Waals surface area contributed by atoms with E-state index >= 15 is 0 Å². The molecule has 1 aliphatic heterocycles. The fourth-order valence-corrected chi connectivity index (χ4v) is 3.38. The molecule has 1 saturated heterocycles. The van der Waals surface area contributed by atoms with Gasteiger partial charge in [-0.05, 0) is 42.2 Å². The maximum atomic E-state index is 11.0. The van der Waals surface area contributed by atoms with Crippen LogP contribution in [0, 0.1) is 0 Å². The third-order valence-corrected chi connectivity index (χ3v) is 4.95. The van der Waals surface area contributed by atoms with Crippen LogP contribution in [0.2, 0.25) is 0 Å². The molecule has 3 rings (SSSR count). The van der Waals surface area contributed by atoms with Crippen molar-refractivity contribution < 1.29 is 34.7 Å². The van der Waals surface area contributed by atoms with Gasteiger partial charge >= 0.3 is 0 Å². The van der Waals surface area contributed by atoms with E-state index in [0.29, 0.717) is 17.7 Å². The molecule has 0 radical (unpaired) electrons. The molecule has 0 amide bonds. The van der Waals surface area contributed by atoms with E-state index in [1.54, 1.807) is 18.2 Å². The fraction of sp³-hybridized carbons (Fsp3) is 0.409. The number of hydrogen-bond acceptors (Lipinski definition) is 7. The average Bonchev–Trinajstić information content (AvgIpc) is 2.72. The topological polar surface area (TPSA) is 116 Å². The number of carbonyl (C=O) groups is 1. The van der Waals surface area contributed by atoms with Crippen LogP contribution < -0.4 is 4.74 Å². The molecule has 0 aliphatic carbocycles. The zero-order chi connectivity index (χ0) is 21.0. The largest absolute Gasteiger partial charge is 0.486 e. The van der Waals surface area contributed by atoms with Crippen molar-refractivity contribution in [3.05, 3.63) is 65.2 Å². The van der Waals surface area contributed by atoms with E-state index in [4.69, 9.17) is 9.47 Å². The highest BCUT2D eigenvalue weighted by Crippen LogP contribution is 2.33. The molecule has 1 unspecified atom stereocenters. The first kappa shape index (κ1) is 21.4. The first-order valence-electron chi connectivity index (χ1n) is 9.49. The molecule has 156 valence electrons. The molecule has 7 heteroatoms. The number of carbonyl (C=O) groups excluding carboxylic acids is 1. The van der Waals surface area contributed by atoms with Gasteiger partial charge in [-0.3, -0.25) is 4.79 Å². The molecule has 0 aromatic heterocycles. The monoisotopic (exact) mass is 402 g/mol. The van der Waals surface area contributed by atoms with Gasteiger partial charge in [0.1, 0.15) is 42.9 Å². The molecule has 0 bridgehead atoms. The van der Waals surface area contributed by atoms with Crippen molar-refractivity contribution in [3.8, 4) is 5.75 Å². The maximum absolute atomic E-state index is 11.0. The molecular weight excluding hydrogens is 376 g/mol. The lowest BCUT2D eigenvalue weighted by Crippen LogP contribution is -2.55. The van der Waals surface area contributed by atoms with Crippen LogP contribution in [0.4, 0.5) is 0 Å². The van der Waals surface area contributed by atoms with Crippen LogP contribution in [0.3, 0.4) is 0 Å². The smallest absolute Gasteiger partial charge is 0.167 e. The summed E-state index contributed by atoms with van der Waals surface area (Å²) in [5, 5.41) is 39.6.